The van der Waals surface area contributed by atoms with Crippen molar-refractivity contribution in [3.63, 3.8) is 0 Å². The molecule has 0 saturated carbocycles. The first-order valence-electron chi connectivity index (χ1n) is 7.86. The fraction of sp³-hybridized carbons (Fsp3) is 0.588. The second kappa shape index (κ2) is 7.57. The molecular formula is C17H27N3O. The Morgan fingerprint density at radius 3 is 2.76 bits per heavy atom. The molecule has 2 atom stereocenters. The molecule has 1 unspecified atom stereocenters. The van der Waals surface area contributed by atoms with Crippen LogP contribution in [-0.2, 0) is 11.3 Å². The molecule has 1 aliphatic rings. The van der Waals surface area contributed by atoms with Crippen molar-refractivity contribution < 1.29 is 4.79 Å². The summed E-state index contributed by atoms with van der Waals surface area (Å²) in [6.45, 7) is 7.84. The van der Waals surface area contributed by atoms with Crippen molar-refractivity contribution in [2.24, 2.45) is 17.6 Å². The number of amides is 1. The average Bonchev–Trinajstić information content (AvgIpc) is 2.92. The number of hydrogen-bond acceptors (Lipinski definition) is 3. The van der Waals surface area contributed by atoms with Crippen LogP contribution in [-0.4, -0.2) is 36.5 Å². The Labute approximate surface area is 127 Å². The van der Waals surface area contributed by atoms with Crippen LogP contribution in [0.1, 0.15) is 25.8 Å². The van der Waals surface area contributed by atoms with E-state index in [0.29, 0.717) is 5.92 Å². The third kappa shape index (κ3) is 4.83. The number of likely N-dealkylation sites (tertiary alicyclic amines) is 1. The highest BCUT2D eigenvalue weighted by atomic mass is 16.2. The van der Waals surface area contributed by atoms with Crippen molar-refractivity contribution in [3.8, 4) is 0 Å². The molecule has 1 heterocycles. The van der Waals surface area contributed by atoms with E-state index in [9.17, 15) is 4.79 Å². The van der Waals surface area contributed by atoms with E-state index in [2.05, 4.69) is 34.5 Å². The third-order valence-electron chi connectivity index (χ3n) is 4.20. The van der Waals surface area contributed by atoms with Crippen LogP contribution in [0.2, 0.25) is 0 Å². The van der Waals surface area contributed by atoms with Crippen molar-refractivity contribution >= 4 is 5.91 Å². The molecule has 0 bridgehead atoms. The molecule has 116 valence electrons. The molecule has 1 aromatic carbocycles. The second-order valence-corrected chi connectivity index (χ2v) is 6.39. The summed E-state index contributed by atoms with van der Waals surface area (Å²) in [7, 11) is 0. The summed E-state index contributed by atoms with van der Waals surface area (Å²) in [6.07, 6.45) is 1.14. The smallest absolute Gasteiger partial charge is 0.237 e. The summed E-state index contributed by atoms with van der Waals surface area (Å²) in [4.78, 5) is 14.3. The summed E-state index contributed by atoms with van der Waals surface area (Å²) < 4.78 is 0. The minimum atomic E-state index is -0.396. The molecule has 1 saturated heterocycles. The molecule has 0 aromatic heterocycles. The summed E-state index contributed by atoms with van der Waals surface area (Å²) >= 11 is 0. The number of benzene rings is 1. The molecule has 0 aliphatic carbocycles. The summed E-state index contributed by atoms with van der Waals surface area (Å²) in [5.74, 6) is 0.701. The van der Waals surface area contributed by atoms with Gasteiger partial charge in [0.05, 0.1) is 6.04 Å². The maximum Gasteiger partial charge on any atom is 0.237 e. The summed E-state index contributed by atoms with van der Waals surface area (Å²) in [5, 5.41) is 3.00. The second-order valence-electron chi connectivity index (χ2n) is 6.39. The first-order chi connectivity index (χ1) is 10.1. The highest BCUT2D eigenvalue weighted by Crippen LogP contribution is 2.18. The monoisotopic (exact) mass is 289 g/mol. The molecule has 0 radical (unpaired) electrons. The number of rotatable bonds is 6. The minimum absolute atomic E-state index is 0.0218. The van der Waals surface area contributed by atoms with E-state index in [1.165, 1.54) is 5.56 Å². The predicted octanol–water partition coefficient (Wildman–Crippen LogP) is 1.61. The lowest BCUT2D eigenvalue weighted by Crippen LogP contribution is -2.45. The van der Waals surface area contributed by atoms with Gasteiger partial charge in [-0.2, -0.15) is 0 Å². The summed E-state index contributed by atoms with van der Waals surface area (Å²) in [6, 6.07) is 10.1. The van der Waals surface area contributed by atoms with Gasteiger partial charge in [0.1, 0.15) is 0 Å². The van der Waals surface area contributed by atoms with Crippen molar-refractivity contribution in [1.29, 1.82) is 0 Å². The fourth-order valence-corrected chi connectivity index (χ4v) is 2.73. The van der Waals surface area contributed by atoms with E-state index in [1.54, 1.807) is 0 Å². The van der Waals surface area contributed by atoms with E-state index in [1.807, 2.05) is 19.9 Å². The Kier molecular flexibility index (Phi) is 5.76. The number of carbonyl (C=O) groups excluding carboxylic acids is 1. The molecule has 21 heavy (non-hydrogen) atoms. The number of carbonyl (C=O) groups is 1. The SMILES string of the molecule is CC(C)[C@H](N)C(=O)NCC1CCN(Cc2ccccc2)C1. The lowest BCUT2D eigenvalue weighted by Gasteiger charge is -2.18. The molecule has 3 N–H and O–H groups in total. The summed E-state index contributed by atoms with van der Waals surface area (Å²) in [5.41, 5.74) is 7.20. The van der Waals surface area contributed by atoms with Crippen LogP contribution in [0.15, 0.2) is 30.3 Å². The molecular weight excluding hydrogens is 262 g/mol. The van der Waals surface area contributed by atoms with Crippen molar-refractivity contribution in [1.82, 2.24) is 10.2 Å². The number of nitrogens with zero attached hydrogens (tertiary/aromatic N) is 1. The molecule has 2 rings (SSSR count). The van der Waals surface area contributed by atoms with Gasteiger partial charge in [-0.3, -0.25) is 9.69 Å². The van der Waals surface area contributed by atoms with Gasteiger partial charge < -0.3 is 11.1 Å². The maximum absolute atomic E-state index is 11.9. The first-order valence-corrected chi connectivity index (χ1v) is 7.86. The zero-order valence-corrected chi connectivity index (χ0v) is 13.1. The van der Waals surface area contributed by atoms with Gasteiger partial charge in [-0.15, -0.1) is 0 Å². The van der Waals surface area contributed by atoms with E-state index < -0.39 is 6.04 Å². The Morgan fingerprint density at radius 2 is 2.10 bits per heavy atom. The lowest BCUT2D eigenvalue weighted by atomic mass is 10.0. The zero-order valence-electron chi connectivity index (χ0n) is 13.1. The molecule has 0 spiro atoms. The minimum Gasteiger partial charge on any atom is -0.354 e. The van der Waals surface area contributed by atoms with E-state index in [0.717, 1.165) is 32.6 Å². The highest BCUT2D eigenvalue weighted by molar-refractivity contribution is 5.81. The molecule has 4 nitrogen and oxygen atoms in total. The van der Waals surface area contributed by atoms with Crippen LogP contribution in [0.25, 0.3) is 0 Å². The van der Waals surface area contributed by atoms with Gasteiger partial charge in [0, 0.05) is 19.6 Å². The fourth-order valence-electron chi connectivity index (χ4n) is 2.73. The van der Waals surface area contributed by atoms with Crippen LogP contribution >= 0.6 is 0 Å². The van der Waals surface area contributed by atoms with Gasteiger partial charge in [0.25, 0.3) is 0 Å². The third-order valence-corrected chi connectivity index (χ3v) is 4.20. The van der Waals surface area contributed by atoms with Crippen molar-refractivity contribution in [2.75, 3.05) is 19.6 Å². The van der Waals surface area contributed by atoms with Crippen LogP contribution in [0.5, 0.6) is 0 Å². The van der Waals surface area contributed by atoms with Crippen molar-refractivity contribution in [3.05, 3.63) is 35.9 Å². The molecule has 1 amide bonds. The largest absolute Gasteiger partial charge is 0.354 e. The van der Waals surface area contributed by atoms with Gasteiger partial charge in [-0.05, 0) is 30.4 Å². The molecule has 1 aliphatic heterocycles. The highest BCUT2D eigenvalue weighted by Gasteiger charge is 2.24. The standard InChI is InChI=1S/C17H27N3O/c1-13(2)16(18)17(21)19-10-15-8-9-20(12-15)11-14-6-4-3-5-7-14/h3-7,13,15-16H,8-12,18H2,1-2H3,(H,19,21)/t15?,16-/m0/s1. The topological polar surface area (TPSA) is 58.4 Å². The van der Waals surface area contributed by atoms with Crippen molar-refractivity contribution in [2.45, 2.75) is 32.9 Å². The Morgan fingerprint density at radius 1 is 1.38 bits per heavy atom. The van der Waals surface area contributed by atoms with E-state index >= 15 is 0 Å². The van der Waals surface area contributed by atoms with Gasteiger partial charge in [-0.1, -0.05) is 44.2 Å². The Bertz CT molecular complexity index is 447. The van der Waals surface area contributed by atoms with Gasteiger partial charge in [0.15, 0.2) is 0 Å². The maximum atomic E-state index is 11.9. The van der Waals surface area contributed by atoms with Crippen LogP contribution < -0.4 is 11.1 Å². The Hall–Kier alpha value is -1.39. The Balaban J connectivity index is 1.72. The number of nitrogens with two attached hydrogens (primary N) is 1. The van der Waals surface area contributed by atoms with Gasteiger partial charge in [-0.25, -0.2) is 0 Å². The quantitative estimate of drug-likeness (QED) is 0.836. The normalized spacial score (nSPS) is 20.7. The zero-order chi connectivity index (χ0) is 15.2. The van der Waals surface area contributed by atoms with Crippen LogP contribution in [0, 0.1) is 11.8 Å². The molecule has 1 fully saturated rings. The number of nitrogens with one attached hydrogen (secondary N) is 1. The number of hydrogen-bond donors (Lipinski definition) is 2. The van der Waals surface area contributed by atoms with E-state index in [4.69, 9.17) is 5.73 Å². The molecule has 4 heteroatoms. The van der Waals surface area contributed by atoms with Crippen LogP contribution in [0.4, 0.5) is 0 Å². The average molecular weight is 289 g/mol. The molecule has 1 aromatic rings. The first kappa shape index (κ1) is 16.0. The predicted molar refractivity (Wildman–Crippen MR) is 85.6 cm³/mol. The lowest BCUT2D eigenvalue weighted by molar-refractivity contribution is -0.123. The van der Waals surface area contributed by atoms with Gasteiger partial charge in [0.2, 0.25) is 5.91 Å². The van der Waals surface area contributed by atoms with Crippen LogP contribution in [0.3, 0.4) is 0 Å². The van der Waals surface area contributed by atoms with Gasteiger partial charge >= 0.3 is 0 Å². The van der Waals surface area contributed by atoms with E-state index in [-0.39, 0.29) is 11.8 Å².